The predicted molar refractivity (Wildman–Crippen MR) is 66.4 cm³/mol. The highest BCUT2D eigenvalue weighted by Gasteiger charge is 2.24. The van der Waals surface area contributed by atoms with Crippen LogP contribution in [-0.2, 0) is 9.53 Å². The average molecular weight is 315 g/mol. The first-order valence-electron chi connectivity index (χ1n) is 5.08. The van der Waals surface area contributed by atoms with Crippen molar-refractivity contribution in [2.45, 2.75) is 6.10 Å². The van der Waals surface area contributed by atoms with Gasteiger partial charge in [-0.2, -0.15) is 0 Å². The summed E-state index contributed by atoms with van der Waals surface area (Å²) in [6.45, 7) is 3.64. The van der Waals surface area contributed by atoms with Crippen molar-refractivity contribution in [3.8, 4) is 11.5 Å². The van der Waals surface area contributed by atoms with Gasteiger partial charge < -0.3 is 19.3 Å². The lowest BCUT2D eigenvalue weighted by molar-refractivity contribution is -0.137. The van der Waals surface area contributed by atoms with Gasteiger partial charge in [-0.15, -0.1) is 0 Å². The molecule has 5 nitrogen and oxygen atoms in total. The van der Waals surface area contributed by atoms with Gasteiger partial charge in [0.1, 0.15) is 6.10 Å². The van der Waals surface area contributed by atoms with Crippen molar-refractivity contribution in [2.75, 3.05) is 13.9 Å². The summed E-state index contributed by atoms with van der Waals surface area (Å²) in [7, 11) is 1.23. The Morgan fingerprint density at radius 2 is 2.28 bits per heavy atom. The van der Waals surface area contributed by atoms with Gasteiger partial charge in [-0.05, 0) is 33.6 Å². The Morgan fingerprint density at radius 1 is 1.56 bits per heavy atom. The third-order valence-electron chi connectivity index (χ3n) is 2.54. The van der Waals surface area contributed by atoms with Crippen molar-refractivity contribution in [3.63, 3.8) is 0 Å². The van der Waals surface area contributed by atoms with Gasteiger partial charge >= 0.3 is 5.97 Å². The lowest BCUT2D eigenvalue weighted by Gasteiger charge is -2.13. The summed E-state index contributed by atoms with van der Waals surface area (Å²) in [5.41, 5.74) is 0.435. The molecule has 0 amide bonds. The number of ether oxygens (including phenoxy) is 3. The van der Waals surface area contributed by atoms with Gasteiger partial charge in [0.05, 0.1) is 17.2 Å². The molecule has 2 rings (SSSR count). The van der Waals surface area contributed by atoms with E-state index in [9.17, 15) is 9.90 Å². The van der Waals surface area contributed by atoms with Crippen molar-refractivity contribution in [3.05, 3.63) is 34.3 Å². The van der Waals surface area contributed by atoms with E-state index in [1.807, 2.05) is 0 Å². The van der Waals surface area contributed by atoms with E-state index in [1.165, 1.54) is 7.11 Å². The number of halogens is 1. The van der Waals surface area contributed by atoms with Gasteiger partial charge in [-0.25, -0.2) is 4.79 Å². The Morgan fingerprint density at radius 3 is 2.94 bits per heavy atom. The smallest absolute Gasteiger partial charge is 0.336 e. The predicted octanol–water partition coefficient (Wildman–Crippen LogP) is 1.94. The molecule has 0 saturated carbocycles. The maximum atomic E-state index is 11.3. The number of fused-ring (bicyclic) bond motifs is 1. The number of hydrogen-bond donors (Lipinski definition) is 1. The van der Waals surface area contributed by atoms with Crippen LogP contribution in [-0.4, -0.2) is 25.0 Å². The van der Waals surface area contributed by atoms with Crippen molar-refractivity contribution in [2.24, 2.45) is 0 Å². The second-order valence-corrected chi connectivity index (χ2v) is 4.51. The van der Waals surface area contributed by atoms with E-state index in [4.69, 9.17) is 9.47 Å². The number of carbonyl (C=O) groups excluding carboxylic acids is 1. The fraction of sp³-hybridized carbons (Fsp3) is 0.250. The molecule has 0 bridgehead atoms. The molecule has 0 aliphatic carbocycles. The van der Waals surface area contributed by atoms with Crippen LogP contribution in [0.2, 0.25) is 0 Å². The Balaban J connectivity index is 2.32. The second kappa shape index (κ2) is 4.99. The third-order valence-corrected chi connectivity index (χ3v) is 3.13. The van der Waals surface area contributed by atoms with E-state index < -0.39 is 12.1 Å². The Bertz CT molecular complexity index is 511. The standard InChI is InChI=1S/C12H11BrO5/c1-6(12(15)16-2)10(14)7-3-8(13)11-9(4-7)17-5-18-11/h3-4,10,14H,1,5H2,2H3. The zero-order valence-corrected chi connectivity index (χ0v) is 11.2. The van der Waals surface area contributed by atoms with Crippen molar-refractivity contribution in [1.82, 2.24) is 0 Å². The van der Waals surface area contributed by atoms with E-state index in [0.29, 0.717) is 21.5 Å². The van der Waals surface area contributed by atoms with Gasteiger partial charge in [0, 0.05) is 0 Å². The summed E-state index contributed by atoms with van der Waals surface area (Å²) in [6.07, 6.45) is -1.15. The Hall–Kier alpha value is -1.53. The van der Waals surface area contributed by atoms with Crippen LogP contribution in [0, 0.1) is 0 Å². The normalized spacial score (nSPS) is 14.2. The molecule has 1 aromatic rings. The summed E-state index contributed by atoms with van der Waals surface area (Å²) in [4.78, 5) is 11.3. The highest BCUT2D eigenvalue weighted by Crippen LogP contribution is 2.41. The number of aliphatic hydroxyl groups excluding tert-OH is 1. The fourth-order valence-electron chi connectivity index (χ4n) is 1.59. The number of esters is 1. The number of benzene rings is 1. The molecule has 0 spiro atoms. The SMILES string of the molecule is C=C(C(=O)OC)C(O)c1cc(Br)c2c(c1)OCO2. The quantitative estimate of drug-likeness (QED) is 0.682. The minimum Gasteiger partial charge on any atom is -0.466 e. The Labute approximate surface area is 112 Å². The molecular formula is C12H11BrO5. The molecule has 1 aromatic carbocycles. The van der Waals surface area contributed by atoms with Gasteiger partial charge in [0.25, 0.3) is 0 Å². The van der Waals surface area contributed by atoms with Crippen LogP contribution >= 0.6 is 15.9 Å². The summed E-state index contributed by atoms with van der Waals surface area (Å²) in [5, 5.41) is 10.0. The Kier molecular flexibility index (Phi) is 3.58. The molecule has 1 N–H and O–H groups in total. The molecule has 1 unspecified atom stereocenters. The molecule has 1 aliphatic rings. The number of hydrogen-bond acceptors (Lipinski definition) is 5. The molecule has 0 fully saturated rings. The van der Waals surface area contributed by atoms with E-state index in [-0.39, 0.29) is 12.4 Å². The zero-order chi connectivity index (χ0) is 13.3. The average Bonchev–Trinajstić information content (AvgIpc) is 2.84. The number of carbonyl (C=O) groups is 1. The van der Waals surface area contributed by atoms with Crippen LogP contribution in [0.3, 0.4) is 0 Å². The topological polar surface area (TPSA) is 65.0 Å². The van der Waals surface area contributed by atoms with Crippen LogP contribution in [0.1, 0.15) is 11.7 Å². The monoisotopic (exact) mass is 314 g/mol. The number of methoxy groups -OCH3 is 1. The van der Waals surface area contributed by atoms with Crippen molar-refractivity contribution >= 4 is 21.9 Å². The van der Waals surface area contributed by atoms with Gasteiger partial charge in [0.15, 0.2) is 11.5 Å². The van der Waals surface area contributed by atoms with Crippen LogP contribution in [0.15, 0.2) is 28.8 Å². The van der Waals surface area contributed by atoms with Crippen molar-refractivity contribution < 1.29 is 24.1 Å². The summed E-state index contributed by atoms with van der Waals surface area (Å²) in [5.74, 6) is 0.432. The van der Waals surface area contributed by atoms with Gasteiger partial charge in [0.2, 0.25) is 6.79 Å². The summed E-state index contributed by atoms with van der Waals surface area (Å²) >= 11 is 3.31. The maximum Gasteiger partial charge on any atom is 0.336 e. The second-order valence-electron chi connectivity index (χ2n) is 3.66. The van der Waals surface area contributed by atoms with Crippen LogP contribution < -0.4 is 9.47 Å². The first-order valence-corrected chi connectivity index (χ1v) is 5.88. The van der Waals surface area contributed by atoms with Crippen LogP contribution in [0.25, 0.3) is 0 Å². The summed E-state index contributed by atoms with van der Waals surface area (Å²) < 4.78 is 15.6. The molecule has 96 valence electrons. The molecule has 0 saturated heterocycles. The van der Waals surface area contributed by atoms with E-state index in [0.717, 1.165) is 0 Å². The lowest BCUT2D eigenvalue weighted by atomic mass is 10.0. The van der Waals surface area contributed by atoms with E-state index >= 15 is 0 Å². The third kappa shape index (κ3) is 2.21. The number of rotatable bonds is 3. The minimum absolute atomic E-state index is 0.0386. The number of aliphatic hydroxyl groups is 1. The highest BCUT2D eigenvalue weighted by atomic mass is 79.9. The molecule has 1 atom stereocenters. The molecule has 6 heteroatoms. The maximum absolute atomic E-state index is 11.3. The lowest BCUT2D eigenvalue weighted by Crippen LogP contribution is -2.12. The minimum atomic E-state index is -1.15. The molecular weight excluding hydrogens is 304 g/mol. The molecule has 18 heavy (non-hydrogen) atoms. The highest BCUT2D eigenvalue weighted by molar-refractivity contribution is 9.10. The molecule has 0 aromatic heterocycles. The van der Waals surface area contributed by atoms with Crippen LogP contribution in [0.5, 0.6) is 11.5 Å². The molecule has 1 aliphatic heterocycles. The largest absolute Gasteiger partial charge is 0.466 e. The first-order chi connectivity index (χ1) is 8.54. The van der Waals surface area contributed by atoms with E-state index in [1.54, 1.807) is 12.1 Å². The zero-order valence-electron chi connectivity index (χ0n) is 9.60. The first kappa shape index (κ1) is 12.9. The summed E-state index contributed by atoms with van der Waals surface area (Å²) in [6, 6.07) is 3.25. The molecule has 1 heterocycles. The van der Waals surface area contributed by atoms with Gasteiger partial charge in [-0.1, -0.05) is 6.58 Å². The van der Waals surface area contributed by atoms with Crippen molar-refractivity contribution in [1.29, 1.82) is 0 Å². The fourth-order valence-corrected chi connectivity index (χ4v) is 2.16. The van der Waals surface area contributed by atoms with E-state index in [2.05, 4.69) is 27.2 Å². The van der Waals surface area contributed by atoms with Crippen LogP contribution in [0.4, 0.5) is 0 Å². The molecule has 0 radical (unpaired) electrons. The van der Waals surface area contributed by atoms with Gasteiger partial charge in [-0.3, -0.25) is 0 Å².